The van der Waals surface area contributed by atoms with E-state index in [2.05, 4.69) is 116 Å². The Bertz CT molecular complexity index is 4960. The van der Waals surface area contributed by atoms with E-state index in [1.54, 1.807) is 27.7 Å². The molecule has 0 bridgehead atoms. The average molecular weight is 2100 g/mol. The van der Waals surface area contributed by atoms with Crippen molar-refractivity contribution in [3.63, 3.8) is 0 Å². The van der Waals surface area contributed by atoms with Crippen LogP contribution in [0.25, 0.3) is 0 Å². The van der Waals surface area contributed by atoms with Crippen molar-refractivity contribution in [1.82, 2.24) is 125 Å². The topological polar surface area (TPSA) is 919 Å². The summed E-state index contributed by atoms with van der Waals surface area (Å²) in [6, 6.07) is -28.1. The number of guanidine groups is 1. The zero-order chi connectivity index (χ0) is 111. The fourth-order valence-corrected chi connectivity index (χ4v) is 15.6. The molecule has 2 aromatic heterocycles. The maximum atomic E-state index is 14.6. The van der Waals surface area contributed by atoms with Gasteiger partial charge in [0.1, 0.15) is 103 Å². The average Bonchev–Trinajstić information content (AvgIpc) is 1.65. The van der Waals surface area contributed by atoms with Gasteiger partial charge in [-0.1, -0.05) is 55.4 Å². The maximum absolute atomic E-state index is 14.6. The first-order valence-corrected chi connectivity index (χ1v) is 48.4. The van der Waals surface area contributed by atoms with Gasteiger partial charge in [-0.05, 0) is 128 Å². The summed E-state index contributed by atoms with van der Waals surface area (Å²) in [6.45, 7) is 15.4. The molecule has 2 aromatic rings. The first kappa shape index (κ1) is 125. The summed E-state index contributed by atoms with van der Waals surface area (Å²) in [5.41, 5.74) is 22.9. The van der Waals surface area contributed by atoms with Crippen LogP contribution in [-0.4, -0.2) is 357 Å². The fraction of sp³-hybridized carbons (Fsp3) is 0.656. The molecular weight excluding hydrogens is 1950 g/mol. The van der Waals surface area contributed by atoms with Crippen molar-refractivity contribution in [1.29, 1.82) is 5.41 Å². The number of nitrogens with two attached hydrogens (primary N) is 4. The Labute approximate surface area is 851 Å². The summed E-state index contributed by atoms with van der Waals surface area (Å²) in [6.07, 6.45) is -0.725. The van der Waals surface area contributed by atoms with E-state index in [0.29, 0.717) is 19.3 Å². The van der Waals surface area contributed by atoms with E-state index in [9.17, 15) is 141 Å². The molecule has 2 aliphatic rings. The van der Waals surface area contributed by atoms with Crippen LogP contribution in [0.4, 0.5) is 0 Å². The standard InChI is InChI=1S/C90H145N29O29/c1-41(2)26-51(91)75(133)112-56(28-43(5)6)80(138)109-54(20-22-66(93)123)87(145)119-25-15-18-64(119)88(146)118-24-14-17-63(118)85(143)105-47(11)72(130)108-52(16-13-23-98-90(94)95)76(134)99-37-68(125)107-57(30-49-34-96-39-101-49)79(137)104-46(10)74(132)111-58(31-50-35-97-40-102-50)82(140)113-59(32-69(126)127)77(135)100-36-67(124)106-53(19-21-65(92)122)78(136)103-45(9)73(131)110-55(27-42(3)4)81(139)116-62(38-120)84(142)117-71(48(12)121)86(144)114-60(33-70(128)129)83(141)115-61(89(147)148)29-44(7)8/h34-35,39-48,51-64,71,120-121H,13-33,36-38,91H2,1-12H3,(H2,92,122)(H2,93,123)(H,96,101)(H,97,102)(H,99,134)(H,100,135)(H,103,136)(H,104,137)(H,105,143)(H,106,124)(H,107,125)(H,108,130)(H,109,138)(H,110,131)(H,111,132)(H,112,133)(H,113,140)(H,114,144)(H,115,141)(H,116,139)(H,117,142)(H,126,127)(H,128,129)(H,147,148)(H4,94,95,98)/t45-,46-,47-,48+,51-,52-,53-,54-,55-,56-,57-,58-,59-,60-,61-,62-,63-,64-,71-/m0/s1. The van der Waals surface area contributed by atoms with Gasteiger partial charge in [0.25, 0.3) is 0 Å². The van der Waals surface area contributed by atoms with Crippen LogP contribution in [-0.2, 0) is 128 Å². The molecule has 148 heavy (non-hydrogen) atoms. The number of nitrogens with zero attached hydrogens (tertiary/aromatic N) is 4. The number of aromatic nitrogens is 4. The van der Waals surface area contributed by atoms with E-state index >= 15 is 0 Å². The maximum Gasteiger partial charge on any atom is 0.326 e. The largest absolute Gasteiger partial charge is 0.481 e. The molecular formula is C90H145N29O29. The molecule has 0 unspecified atom stereocenters. The molecule has 824 valence electrons. The van der Waals surface area contributed by atoms with Crippen molar-refractivity contribution in [2.45, 2.75) is 314 Å². The number of hydrogen-bond donors (Lipinski definition) is 30. The minimum absolute atomic E-state index is 0.00582. The van der Waals surface area contributed by atoms with Crippen molar-refractivity contribution >= 4 is 148 Å². The lowest BCUT2D eigenvalue weighted by molar-refractivity contribution is -0.148. The summed E-state index contributed by atoms with van der Waals surface area (Å²) >= 11 is 0. The normalized spacial score (nSPS) is 16.7. The highest BCUT2D eigenvalue weighted by atomic mass is 16.4. The molecule has 19 atom stereocenters. The van der Waals surface area contributed by atoms with Gasteiger partial charge in [-0.2, -0.15) is 0 Å². The molecule has 58 nitrogen and oxygen atoms in total. The Morgan fingerprint density at radius 2 is 0.777 bits per heavy atom. The van der Waals surface area contributed by atoms with Crippen LogP contribution in [0.1, 0.15) is 197 Å². The van der Waals surface area contributed by atoms with Gasteiger partial charge in [-0.3, -0.25) is 116 Å². The smallest absolute Gasteiger partial charge is 0.326 e. The highest BCUT2D eigenvalue weighted by molar-refractivity contribution is 6.03. The Balaban J connectivity index is 1.44. The fourth-order valence-electron chi connectivity index (χ4n) is 15.6. The van der Waals surface area contributed by atoms with Gasteiger partial charge < -0.3 is 164 Å². The van der Waals surface area contributed by atoms with Crippen LogP contribution in [0.2, 0.25) is 0 Å². The van der Waals surface area contributed by atoms with Gasteiger partial charge in [-0.25, -0.2) is 14.8 Å². The van der Waals surface area contributed by atoms with E-state index in [-0.39, 0.29) is 113 Å². The number of aliphatic hydroxyl groups excluding tert-OH is 2. The van der Waals surface area contributed by atoms with Crippen molar-refractivity contribution in [2.24, 2.45) is 46.6 Å². The molecule has 2 aliphatic heterocycles. The lowest BCUT2D eigenvalue weighted by atomic mass is 10.00. The number of aromatic amines is 2. The molecule has 58 heteroatoms. The third-order valence-corrected chi connectivity index (χ3v) is 23.2. The summed E-state index contributed by atoms with van der Waals surface area (Å²) in [4.78, 5) is 341. The number of nitrogens with one attached hydrogen (secondary N) is 21. The van der Waals surface area contributed by atoms with Gasteiger partial charge >= 0.3 is 17.9 Å². The van der Waals surface area contributed by atoms with Gasteiger partial charge in [0.15, 0.2) is 5.96 Å². The molecule has 21 amide bonds. The second kappa shape index (κ2) is 62.0. The number of amides is 21. The van der Waals surface area contributed by atoms with E-state index in [1.165, 1.54) is 41.8 Å². The summed E-state index contributed by atoms with van der Waals surface area (Å²) in [7, 11) is 0. The third kappa shape index (κ3) is 44.0. The third-order valence-electron chi connectivity index (χ3n) is 23.2. The molecule has 2 saturated heterocycles. The monoisotopic (exact) mass is 2100 g/mol. The quantitative estimate of drug-likeness (QED) is 0.0166. The van der Waals surface area contributed by atoms with E-state index in [4.69, 9.17) is 28.3 Å². The minimum atomic E-state index is -2.06. The van der Waals surface area contributed by atoms with Crippen LogP contribution in [0, 0.1) is 29.1 Å². The minimum Gasteiger partial charge on any atom is -0.481 e. The lowest BCUT2D eigenvalue weighted by Gasteiger charge is -2.33. The first-order chi connectivity index (χ1) is 69.4. The molecule has 0 spiro atoms. The zero-order valence-corrected chi connectivity index (χ0v) is 84.7. The number of rotatable bonds is 65. The lowest BCUT2D eigenvalue weighted by Crippen LogP contribution is -2.62. The van der Waals surface area contributed by atoms with Gasteiger partial charge in [0.2, 0.25) is 124 Å². The summed E-state index contributed by atoms with van der Waals surface area (Å²) < 4.78 is 0. The number of imidazole rings is 2. The number of carbonyl (C=O) groups is 24. The van der Waals surface area contributed by atoms with Gasteiger partial charge in [0.05, 0.1) is 57.3 Å². The van der Waals surface area contributed by atoms with Gasteiger partial charge in [-0.15, -0.1) is 0 Å². The van der Waals surface area contributed by atoms with E-state index < -0.39 is 320 Å². The van der Waals surface area contributed by atoms with Crippen LogP contribution >= 0.6 is 0 Å². The van der Waals surface area contributed by atoms with Crippen molar-refractivity contribution < 1.29 is 141 Å². The highest BCUT2D eigenvalue weighted by Crippen LogP contribution is 2.27. The molecule has 0 aromatic carbocycles. The number of hydrogen-bond acceptors (Lipinski definition) is 30. The molecule has 0 aliphatic carbocycles. The van der Waals surface area contributed by atoms with Crippen molar-refractivity contribution in [3.05, 3.63) is 36.4 Å². The Hall–Kier alpha value is -15.1. The highest BCUT2D eigenvalue weighted by Gasteiger charge is 2.46. The van der Waals surface area contributed by atoms with Crippen molar-refractivity contribution in [2.75, 3.05) is 39.3 Å². The zero-order valence-electron chi connectivity index (χ0n) is 84.7. The molecule has 34 N–H and O–H groups in total. The van der Waals surface area contributed by atoms with E-state index in [0.717, 1.165) is 20.8 Å². The Kier molecular flexibility index (Phi) is 52.4. The number of carboxylic acid groups (broad SMARTS) is 3. The summed E-state index contributed by atoms with van der Waals surface area (Å²) in [5, 5.41) is 100. The number of likely N-dealkylation sites (tertiary alicyclic amines) is 2. The molecule has 0 saturated carbocycles. The SMILES string of the molecule is CC(C)C[C@H](NC(=O)[C@H](CC(=O)O)NC(=O)[C@@H](NC(=O)[C@H](CO)NC(=O)[C@H](CC(C)C)NC(=O)[C@H](C)NC(=O)[C@H](CCC(N)=O)NC(=O)CNC(=O)[C@H](CC(=O)O)NC(=O)[C@H](Cc1cnc[nH]1)NC(=O)[C@H](C)NC(=O)[C@H](Cc1cnc[nH]1)NC(=O)CNC(=O)[C@H](CCCNC(=N)N)NC(=O)[C@H](C)NC(=O)[C@@H]1CCCN1C(=O)[C@@H]1CCCN1C(=O)[C@H](CCC(N)=O)NC(=O)[C@H](CC(C)C)NC(=O)[C@@H](N)CC(C)C)[C@@H](C)O)C(=O)O. The van der Waals surface area contributed by atoms with Crippen molar-refractivity contribution in [3.8, 4) is 0 Å². The summed E-state index contributed by atoms with van der Waals surface area (Å²) in [5.74, 6) is -27.4. The predicted molar refractivity (Wildman–Crippen MR) is 519 cm³/mol. The first-order valence-electron chi connectivity index (χ1n) is 48.4. The van der Waals surface area contributed by atoms with Crippen LogP contribution in [0.15, 0.2) is 25.0 Å². The van der Waals surface area contributed by atoms with Crippen LogP contribution < -0.4 is 119 Å². The second-order valence-corrected chi connectivity index (χ2v) is 37.9. The molecule has 4 rings (SSSR count). The second-order valence-electron chi connectivity index (χ2n) is 37.9. The van der Waals surface area contributed by atoms with Crippen LogP contribution in [0.5, 0.6) is 0 Å². The number of carboxylic acids is 3. The Morgan fingerprint density at radius 1 is 0.405 bits per heavy atom. The number of carbonyl (C=O) groups excluding carboxylic acids is 21. The van der Waals surface area contributed by atoms with Gasteiger partial charge in [0, 0.05) is 69.1 Å². The van der Waals surface area contributed by atoms with Crippen LogP contribution in [0.3, 0.4) is 0 Å². The number of aliphatic carboxylic acids is 3. The van der Waals surface area contributed by atoms with E-state index in [1.807, 2.05) is 27.7 Å². The number of primary amides is 2. The molecule has 4 heterocycles. The number of aliphatic hydroxyl groups is 2. The molecule has 2 fully saturated rings. The predicted octanol–water partition coefficient (Wildman–Crippen LogP) is -10.8. The Morgan fingerprint density at radius 3 is 1.24 bits per heavy atom. The number of H-pyrrole nitrogens is 2. The molecule has 0 radical (unpaired) electrons.